The average Bonchev–Trinajstić information content (AvgIpc) is 2.92. The molecule has 0 spiro atoms. The zero-order valence-electron chi connectivity index (χ0n) is 10.7. The molecular weight excluding hydrogens is 282 g/mol. The number of nitrogens with one attached hydrogen (secondary N) is 1. The molecule has 1 fully saturated rings. The molecule has 20 heavy (non-hydrogen) atoms. The summed E-state index contributed by atoms with van der Waals surface area (Å²) in [5.74, 6) is 0. The number of ether oxygens (including phenoxy) is 1. The maximum absolute atomic E-state index is 12.7. The zero-order chi connectivity index (χ0) is 14.2. The number of aromatic nitrogens is 2. The number of rotatable bonds is 3. The quantitative estimate of drug-likeness (QED) is 0.828. The van der Waals surface area contributed by atoms with Crippen LogP contribution >= 0.6 is 0 Å². The molecule has 3 heterocycles. The summed E-state index contributed by atoms with van der Waals surface area (Å²) in [6, 6.07) is 3.42. The van der Waals surface area contributed by atoms with Crippen molar-refractivity contribution in [1.82, 2.24) is 14.3 Å². The number of sulfonamides is 1. The van der Waals surface area contributed by atoms with Crippen molar-refractivity contribution >= 4 is 21.1 Å². The van der Waals surface area contributed by atoms with Crippen LogP contribution in [0.25, 0.3) is 11.0 Å². The van der Waals surface area contributed by atoms with E-state index in [-0.39, 0.29) is 31.2 Å². The molecule has 0 radical (unpaired) electrons. The number of hydrogen-bond acceptors (Lipinski definition) is 5. The number of nitrogens with zero attached hydrogens (tertiary/aromatic N) is 2. The van der Waals surface area contributed by atoms with Crippen molar-refractivity contribution in [3.8, 4) is 0 Å². The van der Waals surface area contributed by atoms with Gasteiger partial charge >= 0.3 is 0 Å². The van der Waals surface area contributed by atoms with E-state index >= 15 is 0 Å². The Morgan fingerprint density at radius 2 is 2.40 bits per heavy atom. The first kappa shape index (κ1) is 13.5. The van der Waals surface area contributed by atoms with E-state index in [0.717, 1.165) is 0 Å². The fourth-order valence-corrected chi connectivity index (χ4v) is 3.91. The highest BCUT2D eigenvalue weighted by Crippen LogP contribution is 2.25. The van der Waals surface area contributed by atoms with Crippen LogP contribution in [0, 0.1) is 0 Å². The van der Waals surface area contributed by atoms with Crippen LogP contribution in [0.4, 0.5) is 0 Å². The Labute approximate surface area is 116 Å². The number of fused-ring (bicyclic) bond motifs is 1. The zero-order valence-corrected chi connectivity index (χ0v) is 11.5. The van der Waals surface area contributed by atoms with Crippen LogP contribution < -0.4 is 0 Å². The monoisotopic (exact) mass is 297 g/mol. The molecule has 2 aromatic heterocycles. The first-order chi connectivity index (χ1) is 9.63. The van der Waals surface area contributed by atoms with Gasteiger partial charge in [-0.1, -0.05) is 0 Å². The van der Waals surface area contributed by atoms with Crippen LogP contribution in [0.15, 0.2) is 29.4 Å². The topological polar surface area (TPSA) is 95.5 Å². The number of aromatic amines is 1. The van der Waals surface area contributed by atoms with Gasteiger partial charge in [-0.05, 0) is 12.1 Å². The van der Waals surface area contributed by atoms with Crippen molar-refractivity contribution in [2.75, 3.05) is 26.3 Å². The molecule has 1 saturated heterocycles. The van der Waals surface area contributed by atoms with Crippen molar-refractivity contribution in [1.29, 1.82) is 0 Å². The molecule has 0 aromatic carbocycles. The first-order valence-electron chi connectivity index (χ1n) is 6.27. The maximum Gasteiger partial charge on any atom is 0.245 e. The van der Waals surface area contributed by atoms with Crippen molar-refractivity contribution < 1.29 is 18.3 Å². The summed E-state index contributed by atoms with van der Waals surface area (Å²) < 4.78 is 32.0. The Hall–Kier alpha value is -1.48. The van der Waals surface area contributed by atoms with Crippen LogP contribution in [0.5, 0.6) is 0 Å². The highest BCUT2D eigenvalue weighted by molar-refractivity contribution is 7.89. The average molecular weight is 297 g/mol. The summed E-state index contributed by atoms with van der Waals surface area (Å²) in [6.45, 7) is 0.532. The third-order valence-electron chi connectivity index (χ3n) is 3.34. The van der Waals surface area contributed by atoms with Gasteiger partial charge in [0.25, 0.3) is 0 Å². The van der Waals surface area contributed by atoms with Gasteiger partial charge in [-0.2, -0.15) is 4.31 Å². The lowest BCUT2D eigenvalue weighted by molar-refractivity contribution is -0.0304. The lowest BCUT2D eigenvalue weighted by Gasteiger charge is -2.30. The number of pyridine rings is 1. The second-order valence-electron chi connectivity index (χ2n) is 4.59. The Balaban J connectivity index is 1.99. The molecule has 1 unspecified atom stereocenters. The summed E-state index contributed by atoms with van der Waals surface area (Å²) >= 11 is 0. The summed E-state index contributed by atoms with van der Waals surface area (Å²) in [7, 11) is -3.62. The fourth-order valence-electron chi connectivity index (χ4n) is 2.30. The van der Waals surface area contributed by atoms with Crippen molar-refractivity contribution in [2.45, 2.75) is 11.0 Å². The summed E-state index contributed by atoms with van der Waals surface area (Å²) in [5, 5.41) is 9.68. The minimum atomic E-state index is -3.62. The van der Waals surface area contributed by atoms with Gasteiger partial charge in [0, 0.05) is 30.9 Å². The third-order valence-corrected chi connectivity index (χ3v) is 5.24. The molecule has 108 valence electrons. The molecule has 2 N–H and O–H groups in total. The van der Waals surface area contributed by atoms with Crippen LogP contribution in [-0.2, 0) is 14.8 Å². The summed E-state index contributed by atoms with van der Waals surface area (Å²) in [5.41, 5.74) is 0.540. The number of H-pyrrole nitrogens is 1. The number of aliphatic hydroxyl groups is 1. The second kappa shape index (κ2) is 5.13. The molecular formula is C12H15N3O4S. The molecule has 1 aliphatic rings. The molecule has 0 amide bonds. The third kappa shape index (κ3) is 2.20. The highest BCUT2D eigenvalue weighted by Gasteiger charge is 2.32. The van der Waals surface area contributed by atoms with E-state index < -0.39 is 16.1 Å². The van der Waals surface area contributed by atoms with Crippen molar-refractivity contribution in [3.63, 3.8) is 0 Å². The van der Waals surface area contributed by atoms with E-state index in [1.807, 2.05) is 0 Å². The molecule has 7 nitrogen and oxygen atoms in total. The van der Waals surface area contributed by atoms with Gasteiger partial charge in [0.2, 0.25) is 10.0 Å². The molecule has 0 aliphatic carbocycles. The van der Waals surface area contributed by atoms with Crippen molar-refractivity contribution in [3.05, 3.63) is 24.5 Å². The lowest BCUT2D eigenvalue weighted by atomic mass is 10.3. The van der Waals surface area contributed by atoms with Crippen LogP contribution in [-0.4, -0.2) is 60.2 Å². The van der Waals surface area contributed by atoms with Gasteiger partial charge in [-0.15, -0.1) is 0 Å². The van der Waals surface area contributed by atoms with Gasteiger partial charge in [0.15, 0.2) is 0 Å². The number of morpholine rings is 1. The van der Waals surface area contributed by atoms with E-state index in [1.54, 1.807) is 18.3 Å². The first-order valence-corrected chi connectivity index (χ1v) is 7.71. The summed E-state index contributed by atoms with van der Waals surface area (Å²) in [6.07, 6.45) is 2.59. The van der Waals surface area contributed by atoms with Gasteiger partial charge in [0.05, 0.1) is 19.3 Å². The molecule has 8 heteroatoms. The van der Waals surface area contributed by atoms with E-state index in [1.165, 1.54) is 10.5 Å². The van der Waals surface area contributed by atoms with Gasteiger partial charge in [-0.3, -0.25) is 0 Å². The fraction of sp³-hybridized carbons (Fsp3) is 0.417. The highest BCUT2D eigenvalue weighted by atomic mass is 32.2. The Bertz CT molecular complexity index is 712. The number of hydrogen-bond donors (Lipinski definition) is 2. The SMILES string of the molecule is O=S(=O)(c1c[nH]c2ncccc12)N1CCOC(CO)C1. The molecule has 0 bridgehead atoms. The van der Waals surface area contributed by atoms with E-state index in [4.69, 9.17) is 9.84 Å². The predicted octanol–water partition coefficient (Wildman–Crippen LogP) is -0.0553. The maximum atomic E-state index is 12.7. The number of aliphatic hydroxyl groups excluding tert-OH is 1. The van der Waals surface area contributed by atoms with Gasteiger partial charge < -0.3 is 14.8 Å². The minimum Gasteiger partial charge on any atom is -0.394 e. The minimum absolute atomic E-state index is 0.159. The second-order valence-corrected chi connectivity index (χ2v) is 6.50. The molecule has 2 aromatic rings. The Morgan fingerprint density at radius 1 is 1.55 bits per heavy atom. The predicted molar refractivity (Wildman–Crippen MR) is 71.7 cm³/mol. The smallest absolute Gasteiger partial charge is 0.245 e. The van der Waals surface area contributed by atoms with Gasteiger partial charge in [-0.25, -0.2) is 13.4 Å². The van der Waals surface area contributed by atoms with E-state index in [2.05, 4.69) is 9.97 Å². The van der Waals surface area contributed by atoms with Crippen LogP contribution in [0.3, 0.4) is 0 Å². The standard InChI is InChI=1S/C12H15N3O4S/c16-8-9-7-15(4-5-19-9)20(17,18)11-6-14-12-10(11)2-1-3-13-12/h1-3,6,9,16H,4-5,7-8H2,(H,13,14). The van der Waals surface area contributed by atoms with Crippen LogP contribution in [0.1, 0.15) is 0 Å². The normalized spacial score (nSPS) is 21.4. The van der Waals surface area contributed by atoms with Crippen LogP contribution in [0.2, 0.25) is 0 Å². The Morgan fingerprint density at radius 3 is 3.20 bits per heavy atom. The molecule has 1 aliphatic heterocycles. The molecule has 0 saturated carbocycles. The summed E-state index contributed by atoms with van der Waals surface area (Å²) in [4.78, 5) is 7.16. The molecule has 3 rings (SSSR count). The van der Waals surface area contributed by atoms with E-state index in [0.29, 0.717) is 11.0 Å². The lowest BCUT2D eigenvalue weighted by Crippen LogP contribution is -2.46. The van der Waals surface area contributed by atoms with Crippen molar-refractivity contribution in [2.24, 2.45) is 0 Å². The van der Waals surface area contributed by atoms with E-state index in [9.17, 15) is 8.42 Å². The largest absolute Gasteiger partial charge is 0.394 e. The molecule has 1 atom stereocenters. The Kier molecular flexibility index (Phi) is 3.47. The van der Waals surface area contributed by atoms with Gasteiger partial charge in [0.1, 0.15) is 10.5 Å².